The molecule has 0 aliphatic rings. The maximum atomic E-state index is 12.0. The van der Waals surface area contributed by atoms with Gasteiger partial charge in [0.2, 0.25) is 0 Å². The molecule has 0 radical (unpaired) electrons. The number of nitrogens with two attached hydrogens (primary N) is 1. The molecule has 3 N–H and O–H groups in total. The van der Waals surface area contributed by atoms with Gasteiger partial charge in [-0.1, -0.05) is 24.4 Å². The Kier molecular flexibility index (Phi) is 3.95. The number of anilines is 1. The number of aryl methyl sites for hydroxylation is 1. The number of rotatable bonds is 3. The van der Waals surface area contributed by atoms with Gasteiger partial charge in [0.15, 0.2) is 0 Å². The van der Waals surface area contributed by atoms with Crippen molar-refractivity contribution in [2.75, 3.05) is 5.32 Å². The second kappa shape index (κ2) is 5.66. The molecule has 0 bridgehead atoms. The number of benzene rings is 1. The molecule has 0 saturated carbocycles. The minimum absolute atomic E-state index is 0.241. The van der Waals surface area contributed by atoms with E-state index in [9.17, 15) is 9.59 Å². The van der Waals surface area contributed by atoms with Gasteiger partial charge in [0.1, 0.15) is 4.99 Å². The van der Waals surface area contributed by atoms with Crippen molar-refractivity contribution in [1.29, 1.82) is 0 Å². The third-order valence-electron chi connectivity index (χ3n) is 2.77. The fourth-order valence-electron chi connectivity index (χ4n) is 1.64. The first-order valence-electron chi connectivity index (χ1n) is 5.85. The lowest BCUT2D eigenvalue weighted by Crippen LogP contribution is -2.20. The molecule has 6 heteroatoms. The number of nitrogens with zero attached hydrogens (tertiary/aromatic N) is 1. The SMILES string of the molecule is Cn1ccc(C(=O)Nc2cccc(C(N)=S)c2)cc1=O. The van der Waals surface area contributed by atoms with Crippen molar-refractivity contribution >= 4 is 28.8 Å². The standard InChI is InChI=1S/C14H13N3O2S/c1-17-6-5-10(8-12(17)18)14(19)16-11-4-2-3-9(7-11)13(15)20/h2-8H,1H3,(H2,15,20)(H,16,19). The lowest BCUT2D eigenvalue weighted by atomic mass is 10.2. The van der Waals surface area contributed by atoms with Crippen LogP contribution >= 0.6 is 12.2 Å². The van der Waals surface area contributed by atoms with E-state index < -0.39 is 0 Å². The van der Waals surface area contributed by atoms with E-state index in [4.69, 9.17) is 18.0 Å². The van der Waals surface area contributed by atoms with Gasteiger partial charge in [-0.25, -0.2) is 0 Å². The van der Waals surface area contributed by atoms with Crippen LogP contribution in [0.3, 0.4) is 0 Å². The maximum Gasteiger partial charge on any atom is 0.255 e. The van der Waals surface area contributed by atoms with Gasteiger partial charge in [0.05, 0.1) is 0 Å². The minimum Gasteiger partial charge on any atom is -0.389 e. The van der Waals surface area contributed by atoms with Gasteiger partial charge in [0, 0.05) is 36.1 Å². The molecule has 1 amide bonds. The molecule has 0 atom stereocenters. The normalized spacial score (nSPS) is 10.1. The van der Waals surface area contributed by atoms with Crippen molar-refractivity contribution in [2.24, 2.45) is 12.8 Å². The lowest BCUT2D eigenvalue weighted by Gasteiger charge is -2.07. The van der Waals surface area contributed by atoms with Gasteiger partial charge >= 0.3 is 0 Å². The molecule has 2 aromatic rings. The highest BCUT2D eigenvalue weighted by Gasteiger charge is 2.08. The van der Waals surface area contributed by atoms with Crippen molar-refractivity contribution in [3.63, 3.8) is 0 Å². The zero-order valence-electron chi connectivity index (χ0n) is 10.8. The van der Waals surface area contributed by atoms with Gasteiger partial charge in [0.25, 0.3) is 11.5 Å². The average molecular weight is 287 g/mol. The summed E-state index contributed by atoms with van der Waals surface area (Å²) in [6.45, 7) is 0. The van der Waals surface area contributed by atoms with E-state index in [0.29, 0.717) is 16.8 Å². The van der Waals surface area contributed by atoms with Crippen molar-refractivity contribution in [2.45, 2.75) is 0 Å². The van der Waals surface area contributed by atoms with Crippen LogP contribution in [0.1, 0.15) is 15.9 Å². The second-order valence-electron chi connectivity index (χ2n) is 4.26. The van der Waals surface area contributed by atoms with Crippen molar-refractivity contribution in [3.05, 3.63) is 64.1 Å². The summed E-state index contributed by atoms with van der Waals surface area (Å²) in [5.41, 5.74) is 6.83. The second-order valence-corrected chi connectivity index (χ2v) is 4.70. The van der Waals surface area contributed by atoms with Gasteiger partial charge in [-0.2, -0.15) is 0 Å². The molecule has 1 heterocycles. The summed E-state index contributed by atoms with van der Waals surface area (Å²) in [5.74, 6) is -0.359. The first-order chi connectivity index (χ1) is 9.47. The Morgan fingerprint density at radius 3 is 2.65 bits per heavy atom. The van der Waals surface area contributed by atoms with Crippen LogP contribution in [0.25, 0.3) is 0 Å². The van der Waals surface area contributed by atoms with Gasteiger partial charge in [-0.15, -0.1) is 0 Å². The Labute approximate surface area is 121 Å². The average Bonchev–Trinajstić information content (AvgIpc) is 2.42. The smallest absolute Gasteiger partial charge is 0.255 e. The highest BCUT2D eigenvalue weighted by molar-refractivity contribution is 7.80. The van der Waals surface area contributed by atoms with Gasteiger partial charge in [-0.3, -0.25) is 9.59 Å². The van der Waals surface area contributed by atoms with E-state index in [1.807, 2.05) is 0 Å². The Morgan fingerprint density at radius 1 is 1.25 bits per heavy atom. The highest BCUT2D eigenvalue weighted by Crippen LogP contribution is 2.12. The molecule has 2 rings (SSSR count). The fourth-order valence-corrected chi connectivity index (χ4v) is 1.77. The van der Waals surface area contributed by atoms with E-state index in [2.05, 4.69) is 5.32 Å². The highest BCUT2D eigenvalue weighted by atomic mass is 32.1. The Balaban J connectivity index is 2.23. The third-order valence-corrected chi connectivity index (χ3v) is 3.01. The van der Waals surface area contributed by atoms with Crippen molar-refractivity contribution < 1.29 is 4.79 Å². The zero-order chi connectivity index (χ0) is 14.7. The molecule has 0 saturated heterocycles. The van der Waals surface area contributed by atoms with Crippen molar-refractivity contribution in [3.8, 4) is 0 Å². The molecule has 5 nitrogen and oxygen atoms in total. The molecule has 0 aliphatic carbocycles. The lowest BCUT2D eigenvalue weighted by molar-refractivity contribution is 0.102. The predicted octanol–water partition coefficient (Wildman–Crippen LogP) is 1.27. The molecule has 0 unspecified atom stereocenters. The summed E-state index contributed by atoms with van der Waals surface area (Å²) < 4.78 is 1.39. The largest absolute Gasteiger partial charge is 0.389 e. The monoisotopic (exact) mass is 287 g/mol. The molecular weight excluding hydrogens is 274 g/mol. The number of thiocarbonyl (C=S) groups is 1. The van der Waals surface area contributed by atoms with Crippen LogP contribution in [0.4, 0.5) is 5.69 Å². The first-order valence-corrected chi connectivity index (χ1v) is 6.26. The summed E-state index contributed by atoms with van der Waals surface area (Å²) >= 11 is 4.88. The van der Waals surface area contributed by atoms with Crippen LogP contribution in [0.15, 0.2) is 47.4 Å². The fraction of sp³-hybridized carbons (Fsp3) is 0.0714. The van der Waals surface area contributed by atoms with Crippen LogP contribution < -0.4 is 16.6 Å². The molecule has 0 fully saturated rings. The topological polar surface area (TPSA) is 77.1 Å². The Morgan fingerprint density at radius 2 is 2.00 bits per heavy atom. The molecule has 20 heavy (non-hydrogen) atoms. The van der Waals surface area contributed by atoms with E-state index in [0.717, 1.165) is 0 Å². The van der Waals surface area contributed by atoms with E-state index in [-0.39, 0.29) is 16.5 Å². The first kappa shape index (κ1) is 14.0. The van der Waals surface area contributed by atoms with E-state index >= 15 is 0 Å². The number of pyridine rings is 1. The number of hydrogen-bond acceptors (Lipinski definition) is 3. The molecule has 102 valence electrons. The molecule has 1 aromatic carbocycles. The summed E-state index contributed by atoms with van der Waals surface area (Å²) in [4.78, 5) is 23.8. The summed E-state index contributed by atoms with van der Waals surface area (Å²) in [5, 5.41) is 2.70. The van der Waals surface area contributed by atoms with Crippen LogP contribution in [-0.4, -0.2) is 15.5 Å². The maximum absolute atomic E-state index is 12.0. The molecule has 0 spiro atoms. The van der Waals surface area contributed by atoms with Crippen LogP contribution in [0.5, 0.6) is 0 Å². The van der Waals surface area contributed by atoms with Crippen LogP contribution in [0, 0.1) is 0 Å². The number of aromatic nitrogens is 1. The summed E-state index contributed by atoms with van der Waals surface area (Å²) in [6.07, 6.45) is 1.54. The number of hydrogen-bond donors (Lipinski definition) is 2. The summed E-state index contributed by atoms with van der Waals surface area (Å²) in [6, 6.07) is 9.77. The van der Waals surface area contributed by atoms with Crippen molar-refractivity contribution in [1.82, 2.24) is 4.57 Å². The molecule has 1 aromatic heterocycles. The predicted molar refractivity (Wildman–Crippen MR) is 82.0 cm³/mol. The molecule has 0 aliphatic heterocycles. The zero-order valence-corrected chi connectivity index (χ0v) is 11.6. The number of carbonyl (C=O) groups is 1. The van der Waals surface area contributed by atoms with Gasteiger partial charge < -0.3 is 15.6 Å². The minimum atomic E-state index is -0.359. The van der Waals surface area contributed by atoms with Crippen LogP contribution in [-0.2, 0) is 7.05 Å². The Bertz CT molecular complexity index is 737. The van der Waals surface area contributed by atoms with Gasteiger partial charge in [-0.05, 0) is 18.2 Å². The number of carbonyl (C=O) groups excluding carboxylic acids is 1. The van der Waals surface area contributed by atoms with Crippen LogP contribution in [0.2, 0.25) is 0 Å². The van der Waals surface area contributed by atoms with E-state index in [1.165, 1.54) is 10.6 Å². The Hall–Kier alpha value is -2.47. The summed E-state index contributed by atoms with van der Waals surface area (Å²) in [7, 11) is 1.62. The number of amides is 1. The number of nitrogens with one attached hydrogen (secondary N) is 1. The third kappa shape index (κ3) is 3.10. The quantitative estimate of drug-likeness (QED) is 0.834. The molecular formula is C14H13N3O2S. The van der Waals surface area contributed by atoms with E-state index in [1.54, 1.807) is 43.6 Å².